The number of alkyl halides is 1. The molecule has 0 N–H and O–H groups in total. The first-order chi connectivity index (χ1) is 16.3. The molecule has 3 heteroatoms. The van der Waals surface area contributed by atoms with Gasteiger partial charge in [0, 0.05) is 11.3 Å². The molecule has 4 aromatic carbocycles. The molecule has 0 amide bonds. The van der Waals surface area contributed by atoms with Gasteiger partial charge in [-0.05, 0) is 53.4 Å². The third kappa shape index (κ3) is 7.91. The maximum atomic E-state index is 13.2. The lowest BCUT2D eigenvalue weighted by molar-refractivity contribution is 0.527. The van der Waals surface area contributed by atoms with Crippen LogP contribution in [0.4, 0.5) is 13.2 Å². The third-order valence-electron chi connectivity index (χ3n) is 5.69. The molecule has 34 heavy (non-hydrogen) atoms. The van der Waals surface area contributed by atoms with E-state index >= 15 is 0 Å². The van der Waals surface area contributed by atoms with Gasteiger partial charge in [-0.1, -0.05) is 106 Å². The summed E-state index contributed by atoms with van der Waals surface area (Å²) in [6.07, 6.45) is 0. The van der Waals surface area contributed by atoms with Crippen molar-refractivity contribution in [3.05, 3.63) is 143 Å². The van der Waals surface area contributed by atoms with Crippen molar-refractivity contribution in [3.63, 3.8) is 0 Å². The molecular formula is C31H33F3. The number of hydrogen-bond acceptors (Lipinski definition) is 0. The second kappa shape index (κ2) is 13.4. The first kappa shape index (κ1) is 26.9. The van der Waals surface area contributed by atoms with Crippen LogP contribution in [0.15, 0.2) is 109 Å². The van der Waals surface area contributed by atoms with E-state index in [0.717, 1.165) is 11.1 Å². The Morgan fingerprint density at radius 1 is 0.618 bits per heavy atom. The van der Waals surface area contributed by atoms with E-state index in [1.807, 2.05) is 26.0 Å². The Morgan fingerprint density at radius 3 is 1.29 bits per heavy atom. The SMILES string of the molecule is CC(C)(c1cccc(F)c1)c1cccc(F)c1.CC(c1ccccc1)c1ccccc1.CCF. The van der Waals surface area contributed by atoms with E-state index in [4.69, 9.17) is 0 Å². The van der Waals surface area contributed by atoms with E-state index in [-0.39, 0.29) is 18.3 Å². The Bertz CT molecular complexity index is 1020. The molecule has 0 fully saturated rings. The molecule has 0 aliphatic rings. The average molecular weight is 463 g/mol. The van der Waals surface area contributed by atoms with Crippen molar-refractivity contribution in [1.29, 1.82) is 0 Å². The van der Waals surface area contributed by atoms with Crippen LogP contribution in [0.5, 0.6) is 0 Å². The Hall–Kier alpha value is -3.33. The van der Waals surface area contributed by atoms with Gasteiger partial charge in [0.2, 0.25) is 0 Å². The summed E-state index contributed by atoms with van der Waals surface area (Å²) in [7, 11) is 0. The van der Waals surface area contributed by atoms with Gasteiger partial charge in [-0.25, -0.2) is 8.78 Å². The zero-order valence-corrected chi connectivity index (χ0v) is 20.3. The van der Waals surface area contributed by atoms with Gasteiger partial charge in [0.05, 0.1) is 6.67 Å². The lowest BCUT2D eigenvalue weighted by Gasteiger charge is -2.26. The van der Waals surface area contributed by atoms with Crippen LogP contribution >= 0.6 is 0 Å². The molecule has 0 radical (unpaired) electrons. The first-order valence-corrected chi connectivity index (χ1v) is 11.5. The summed E-state index contributed by atoms with van der Waals surface area (Å²) in [5, 5.41) is 0. The first-order valence-electron chi connectivity index (χ1n) is 11.5. The van der Waals surface area contributed by atoms with E-state index in [0.29, 0.717) is 5.92 Å². The van der Waals surface area contributed by atoms with Crippen LogP contribution in [0.3, 0.4) is 0 Å². The average Bonchev–Trinajstić information content (AvgIpc) is 2.85. The normalized spacial score (nSPS) is 10.6. The Labute approximate surface area is 202 Å². The highest BCUT2D eigenvalue weighted by Gasteiger charge is 2.23. The predicted octanol–water partition coefficient (Wildman–Crippen LogP) is 9.10. The highest BCUT2D eigenvalue weighted by Crippen LogP contribution is 2.31. The molecule has 0 heterocycles. The van der Waals surface area contributed by atoms with Gasteiger partial charge in [0.15, 0.2) is 0 Å². The molecule has 0 aliphatic carbocycles. The van der Waals surface area contributed by atoms with Crippen LogP contribution in [0, 0.1) is 11.6 Å². The molecule has 0 unspecified atom stereocenters. The van der Waals surface area contributed by atoms with Gasteiger partial charge in [-0.2, -0.15) is 0 Å². The minimum Gasteiger partial charge on any atom is -0.251 e. The summed E-state index contributed by atoms with van der Waals surface area (Å²) in [5.41, 5.74) is 4.01. The topological polar surface area (TPSA) is 0 Å². The second-order valence-corrected chi connectivity index (χ2v) is 8.46. The van der Waals surface area contributed by atoms with Crippen LogP contribution < -0.4 is 0 Å². The van der Waals surface area contributed by atoms with Gasteiger partial charge in [0.1, 0.15) is 11.6 Å². The summed E-state index contributed by atoms with van der Waals surface area (Å²) in [4.78, 5) is 0. The minimum absolute atomic E-state index is 0.250. The molecule has 178 valence electrons. The Morgan fingerprint density at radius 2 is 0.971 bits per heavy atom. The molecular weight excluding hydrogens is 429 g/mol. The van der Waals surface area contributed by atoms with Crippen molar-refractivity contribution < 1.29 is 13.2 Å². The summed E-state index contributed by atoms with van der Waals surface area (Å²) in [6, 6.07) is 34.0. The molecule has 0 saturated carbocycles. The van der Waals surface area contributed by atoms with Crippen molar-refractivity contribution in [2.45, 2.75) is 39.0 Å². The molecule has 4 rings (SSSR count). The zero-order chi connectivity index (χ0) is 25.0. The zero-order valence-electron chi connectivity index (χ0n) is 20.3. The van der Waals surface area contributed by atoms with Gasteiger partial charge in [-0.3, -0.25) is 4.39 Å². The number of benzene rings is 4. The molecule has 0 saturated heterocycles. The monoisotopic (exact) mass is 462 g/mol. The van der Waals surface area contributed by atoms with Crippen LogP contribution in [0.25, 0.3) is 0 Å². The van der Waals surface area contributed by atoms with Gasteiger partial charge < -0.3 is 0 Å². The largest absolute Gasteiger partial charge is 0.251 e. The molecule has 0 aromatic heterocycles. The quantitative estimate of drug-likeness (QED) is 0.284. The predicted molar refractivity (Wildman–Crippen MR) is 137 cm³/mol. The van der Waals surface area contributed by atoms with Crippen LogP contribution in [0.1, 0.15) is 55.9 Å². The van der Waals surface area contributed by atoms with E-state index in [9.17, 15) is 13.2 Å². The summed E-state index contributed by atoms with van der Waals surface area (Å²) < 4.78 is 36.7. The second-order valence-electron chi connectivity index (χ2n) is 8.46. The fourth-order valence-corrected chi connectivity index (χ4v) is 3.60. The molecule has 4 aromatic rings. The Balaban J connectivity index is 0.000000219. The summed E-state index contributed by atoms with van der Waals surface area (Å²) in [6.45, 7) is 7.36. The van der Waals surface area contributed by atoms with E-state index in [2.05, 4.69) is 67.6 Å². The van der Waals surface area contributed by atoms with Crippen molar-refractivity contribution in [2.24, 2.45) is 0 Å². The summed E-state index contributed by atoms with van der Waals surface area (Å²) >= 11 is 0. The number of rotatable bonds is 4. The lowest BCUT2D eigenvalue weighted by Crippen LogP contribution is -2.19. The van der Waals surface area contributed by atoms with Crippen LogP contribution in [-0.4, -0.2) is 6.67 Å². The maximum Gasteiger partial charge on any atom is 0.123 e. The molecule has 0 spiro atoms. The summed E-state index contributed by atoms with van der Waals surface area (Å²) in [5.74, 6) is -0.0589. The smallest absolute Gasteiger partial charge is 0.123 e. The maximum absolute atomic E-state index is 13.2. The fourth-order valence-electron chi connectivity index (χ4n) is 3.60. The number of hydrogen-bond donors (Lipinski definition) is 0. The van der Waals surface area contributed by atoms with E-state index in [1.54, 1.807) is 12.1 Å². The van der Waals surface area contributed by atoms with Crippen LogP contribution in [-0.2, 0) is 5.41 Å². The van der Waals surface area contributed by atoms with Crippen LogP contribution in [0.2, 0.25) is 0 Å². The highest BCUT2D eigenvalue weighted by atomic mass is 19.1. The minimum atomic E-state index is -0.413. The fraction of sp³-hybridized carbons (Fsp3) is 0.226. The lowest BCUT2D eigenvalue weighted by atomic mass is 9.78. The van der Waals surface area contributed by atoms with Crippen molar-refractivity contribution in [1.82, 2.24) is 0 Å². The van der Waals surface area contributed by atoms with Gasteiger partial charge in [0.25, 0.3) is 0 Å². The highest BCUT2D eigenvalue weighted by molar-refractivity contribution is 5.37. The molecule has 0 aliphatic heterocycles. The Kier molecular flexibility index (Phi) is 10.6. The van der Waals surface area contributed by atoms with Crippen molar-refractivity contribution in [3.8, 4) is 0 Å². The van der Waals surface area contributed by atoms with Crippen molar-refractivity contribution in [2.75, 3.05) is 6.67 Å². The molecule has 0 bridgehead atoms. The van der Waals surface area contributed by atoms with E-state index < -0.39 is 5.41 Å². The third-order valence-corrected chi connectivity index (χ3v) is 5.69. The standard InChI is InChI=1S/C15H14F2.C14H14.C2H5F/c1-15(2,11-5-3-7-13(16)9-11)12-6-4-8-14(17)10-12;1-12(13-8-4-2-5-9-13)14-10-6-3-7-11-14;1-2-3/h3-10H,1-2H3;2-12H,1H3;2H2,1H3. The molecule has 0 atom stereocenters. The van der Waals surface area contributed by atoms with Crippen molar-refractivity contribution >= 4 is 0 Å². The molecule has 0 nitrogen and oxygen atoms in total. The van der Waals surface area contributed by atoms with Gasteiger partial charge in [-0.15, -0.1) is 0 Å². The number of halogens is 3. The van der Waals surface area contributed by atoms with E-state index in [1.165, 1.54) is 42.3 Å². The van der Waals surface area contributed by atoms with Gasteiger partial charge >= 0.3 is 0 Å².